The summed E-state index contributed by atoms with van der Waals surface area (Å²) in [4.78, 5) is 26.0. The molecule has 0 radical (unpaired) electrons. The maximum absolute atomic E-state index is 13.2. The Morgan fingerprint density at radius 1 is 0.971 bits per heavy atom. The SMILES string of the molecule is Cc1cc(C)cc(C(=O)NCCn2ncc3c(N4CCN(c5ccc(F)cc5)CC4)ncnc32)c1. The monoisotopic (exact) mass is 473 g/mol. The summed E-state index contributed by atoms with van der Waals surface area (Å²) in [7, 11) is 0. The molecule has 1 fully saturated rings. The molecule has 0 saturated carbocycles. The molecule has 2 aromatic carbocycles. The molecule has 8 nitrogen and oxygen atoms in total. The van der Waals surface area contributed by atoms with Crippen molar-refractivity contribution in [3.05, 3.63) is 77.5 Å². The molecule has 1 N–H and O–H groups in total. The summed E-state index contributed by atoms with van der Waals surface area (Å²) < 4.78 is 15.0. The lowest BCUT2D eigenvalue weighted by molar-refractivity contribution is 0.0952. The van der Waals surface area contributed by atoms with Gasteiger partial charge in [0.2, 0.25) is 0 Å². The van der Waals surface area contributed by atoms with E-state index in [1.54, 1.807) is 17.2 Å². The van der Waals surface area contributed by atoms with Crippen LogP contribution in [0.1, 0.15) is 21.5 Å². The number of aryl methyl sites for hydroxylation is 2. The van der Waals surface area contributed by atoms with E-state index in [1.165, 1.54) is 12.1 Å². The number of halogens is 1. The van der Waals surface area contributed by atoms with Crippen LogP contribution in [0.2, 0.25) is 0 Å². The smallest absolute Gasteiger partial charge is 0.251 e. The minimum Gasteiger partial charge on any atom is -0.368 e. The molecule has 0 atom stereocenters. The molecule has 0 unspecified atom stereocenters. The van der Waals surface area contributed by atoms with E-state index in [-0.39, 0.29) is 11.7 Å². The standard InChI is InChI=1S/C26H28FN7O/c1-18-13-19(2)15-20(14-18)26(35)28-7-8-34-25-23(16-31-34)24(29-17-30-25)33-11-9-32(10-12-33)22-5-3-21(27)4-6-22/h3-6,13-17H,7-12H2,1-2H3,(H,28,35). The van der Waals surface area contributed by atoms with Crippen LogP contribution in [0.15, 0.2) is 55.0 Å². The van der Waals surface area contributed by atoms with Crippen molar-refractivity contribution < 1.29 is 9.18 Å². The highest BCUT2D eigenvalue weighted by Gasteiger charge is 2.21. The number of rotatable bonds is 6. The van der Waals surface area contributed by atoms with Crippen molar-refractivity contribution in [1.29, 1.82) is 0 Å². The highest BCUT2D eigenvalue weighted by atomic mass is 19.1. The van der Waals surface area contributed by atoms with Crippen molar-refractivity contribution in [2.24, 2.45) is 0 Å². The highest BCUT2D eigenvalue weighted by Crippen LogP contribution is 2.25. The molecular weight excluding hydrogens is 445 g/mol. The van der Waals surface area contributed by atoms with Crippen LogP contribution in [-0.4, -0.2) is 58.4 Å². The van der Waals surface area contributed by atoms with Crippen molar-refractivity contribution in [3.63, 3.8) is 0 Å². The minimum atomic E-state index is -0.224. The molecule has 1 aliphatic rings. The Kier molecular flexibility index (Phi) is 6.31. The van der Waals surface area contributed by atoms with E-state index in [9.17, 15) is 9.18 Å². The Hall–Kier alpha value is -4.01. The fraction of sp³-hybridized carbons (Fsp3) is 0.308. The fourth-order valence-electron chi connectivity index (χ4n) is 4.61. The Balaban J connectivity index is 1.23. The first-order chi connectivity index (χ1) is 17.0. The molecule has 35 heavy (non-hydrogen) atoms. The first kappa shape index (κ1) is 22.8. The summed E-state index contributed by atoms with van der Waals surface area (Å²) >= 11 is 0. The van der Waals surface area contributed by atoms with Crippen LogP contribution in [0.25, 0.3) is 11.0 Å². The molecule has 180 valence electrons. The topological polar surface area (TPSA) is 79.2 Å². The molecule has 0 spiro atoms. The van der Waals surface area contributed by atoms with Crippen molar-refractivity contribution in [2.75, 3.05) is 42.5 Å². The maximum atomic E-state index is 13.2. The number of carbonyl (C=O) groups is 1. The van der Waals surface area contributed by atoms with Crippen LogP contribution in [0.4, 0.5) is 15.9 Å². The molecule has 4 aromatic rings. The second kappa shape index (κ2) is 9.69. The summed E-state index contributed by atoms with van der Waals surface area (Å²) in [6, 6.07) is 12.4. The molecule has 0 bridgehead atoms. The van der Waals surface area contributed by atoms with Crippen molar-refractivity contribution in [3.8, 4) is 0 Å². The van der Waals surface area contributed by atoms with E-state index in [0.29, 0.717) is 18.7 Å². The van der Waals surface area contributed by atoms with Crippen LogP contribution in [0.5, 0.6) is 0 Å². The molecule has 1 aliphatic heterocycles. The summed E-state index contributed by atoms with van der Waals surface area (Å²) in [6.45, 7) is 8.14. The average Bonchev–Trinajstić information content (AvgIpc) is 3.27. The summed E-state index contributed by atoms with van der Waals surface area (Å²) in [6.07, 6.45) is 3.36. The predicted molar refractivity (Wildman–Crippen MR) is 134 cm³/mol. The Morgan fingerprint density at radius 2 is 1.66 bits per heavy atom. The second-order valence-electron chi connectivity index (χ2n) is 8.89. The van der Waals surface area contributed by atoms with Gasteiger partial charge in [0.15, 0.2) is 5.65 Å². The summed E-state index contributed by atoms with van der Waals surface area (Å²) in [5, 5.41) is 8.38. The number of benzene rings is 2. The van der Waals surface area contributed by atoms with Gasteiger partial charge in [-0.1, -0.05) is 17.2 Å². The molecule has 1 amide bonds. The highest BCUT2D eigenvalue weighted by molar-refractivity contribution is 5.94. The van der Waals surface area contributed by atoms with Gasteiger partial charge < -0.3 is 15.1 Å². The van der Waals surface area contributed by atoms with Gasteiger partial charge in [0.1, 0.15) is 18.0 Å². The number of amides is 1. The number of aromatic nitrogens is 4. The third-order valence-electron chi connectivity index (χ3n) is 6.28. The van der Waals surface area contributed by atoms with Crippen LogP contribution in [0, 0.1) is 19.7 Å². The third-order valence-corrected chi connectivity index (χ3v) is 6.28. The van der Waals surface area contributed by atoms with Gasteiger partial charge in [-0.2, -0.15) is 5.10 Å². The molecular formula is C26H28FN7O. The number of nitrogens with zero attached hydrogens (tertiary/aromatic N) is 6. The summed E-state index contributed by atoms with van der Waals surface area (Å²) in [5.41, 5.74) is 4.57. The lowest BCUT2D eigenvalue weighted by Gasteiger charge is -2.36. The van der Waals surface area contributed by atoms with E-state index in [0.717, 1.165) is 59.8 Å². The number of hydrogen-bond acceptors (Lipinski definition) is 6. The van der Waals surface area contributed by atoms with Gasteiger partial charge in [0.05, 0.1) is 18.1 Å². The summed E-state index contributed by atoms with van der Waals surface area (Å²) in [5.74, 6) is 0.541. The quantitative estimate of drug-likeness (QED) is 0.463. The zero-order chi connectivity index (χ0) is 24.4. The molecule has 9 heteroatoms. The van der Waals surface area contributed by atoms with Gasteiger partial charge in [0.25, 0.3) is 5.91 Å². The van der Waals surface area contributed by atoms with E-state index in [2.05, 4.69) is 30.2 Å². The van der Waals surface area contributed by atoms with E-state index in [4.69, 9.17) is 0 Å². The van der Waals surface area contributed by atoms with E-state index in [1.807, 2.05) is 44.2 Å². The molecule has 0 aliphatic carbocycles. The molecule has 2 aromatic heterocycles. The number of hydrogen-bond donors (Lipinski definition) is 1. The Labute approximate surface area is 203 Å². The van der Waals surface area contributed by atoms with Crippen LogP contribution in [0.3, 0.4) is 0 Å². The van der Waals surface area contributed by atoms with Crippen LogP contribution >= 0.6 is 0 Å². The van der Waals surface area contributed by atoms with Crippen LogP contribution < -0.4 is 15.1 Å². The number of nitrogens with one attached hydrogen (secondary N) is 1. The van der Waals surface area contributed by atoms with Crippen molar-refractivity contribution in [1.82, 2.24) is 25.1 Å². The zero-order valence-electron chi connectivity index (χ0n) is 19.9. The van der Waals surface area contributed by atoms with E-state index < -0.39 is 0 Å². The van der Waals surface area contributed by atoms with Crippen LogP contribution in [-0.2, 0) is 6.54 Å². The lowest BCUT2D eigenvalue weighted by Crippen LogP contribution is -2.46. The Bertz CT molecular complexity index is 1320. The lowest BCUT2D eigenvalue weighted by atomic mass is 10.1. The van der Waals surface area contributed by atoms with Gasteiger partial charge in [-0.15, -0.1) is 0 Å². The number of fused-ring (bicyclic) bond motifs is 1. The van der Waals surface area contributed by atoms with Gasteiger partial charge in [-0.3, -0.25) is 4.79 Å². The van der Waals surface area contributed by atoms with E-state index >= 15 is 0 Å². The van der Waals surface area contributed by atoms with Crippen molar-refractivity contribution in [2.45, 2.75) is 20.4 Å². The second-order valence-corrected chi connectivity index (χ2v) is 8.89. The van der Waals surface area contributed by atoms with Gasteiger partial charge >= 0.3 is 0 Å². The minimum absolute atomic E-state index is 0.0948. The van der Waals surface area contributed by atoms with Gasteiger partial charge in [-0.25, -0.2) is 19.0 Å². The largest absolute Gasteiger partial charge is 0.368 e. The average molecular weight is 474 g/mol. The van der Waals surface area contributed by atoms with Gasteiger partial charge in [0, 0.05) is 44.0 Å². The van der Waals surface area contributed by atoms with Gasteiger partial charge in [-0.05, 0) is 50.2 Å². The normalized spacial score (nSPS) is 13.9. The molecule has 3 heterocycles. The number of carbonyl (C=O) groups excluding carboxylic acids is 1. The number of piperazine rings is 1. The third kappa shape index (κ3) is 4.94. The maximum Gasteiger partial charge on any atom is 0.251 e. The zero-order valence-corrected chi connectivity index (χ0v) is 19.9. The first-order valence-electron chi connectivity index (χ1n) is 11.8. The molecule has 5 rings (SSSR count). The predicted octanol–water partition coefficient (Wildman–Crippen LogP) is 3.34. The molecule has 1 saturated heterocycles. The Morgan fingerprint density at radius 3 is 2.37 bits per heavy atom. The number of anilines is 2. The first-order valence-corrected chi connectivity index (χ1v) is 11.8. The fourth-order valence-corrected chi connectivity index (χ4v) is 4.61. The van der Waals surface area contributed by atoms with Crippen molar-refractivity contribution >= 4 is 28.4 Å².